The molecule has 1 aliphatic heterocycles. The number of rotatable bonds is 5. The van der Waals surface area contributed by atoms with Crippen LogP contribution in [0, 0.1) is 0 Å². The monoisotopic (exact) mass is 358 g/mol. The molecule has 0 atom stereocenters. The van der Waals surface area contributed by atoms with Gasteiger partial charge in [0.25, 0.3) is 0 Å². The van der Waals surface area contributed by atoms with Gasteiger partial charge in [-0.25, -0.2) is 0 Å². The van der Waals surface area contributed by atoms with E-state index in [0.29, 0.717) is 38.5 Å². The third kappa shape index (κ3) is 5.52. The largest absolute Gasteiger partial charge is 0.416 e. The van der Waals surface area contributed by atoms with E-state index in [4.69, 9.17) is 4.74 Å². The molecule has 0 amide bonds. The van der Waals surface area contributed by atoms with E-state index in [1.165, 1.54) is 12.1 Å². The summed E-state index contributed by atoms with van der Waals surface area (Å²) in [5, 5.41) is 3.29. The molecule has 1 aromatic rings. The molecule has 1 saturated heterocycles. The first-order valence-corrected chi connectivity index (χ1v) is 8.32. The van der Waals surface area contributed by atoms with Crippen LogP contribution in [0.4, 0.5) is 18.9 Å². The van der Waals surface area contributed by atoms with Crippen LogP contribution in [0.3, 0.4) is 0 Å². The topological polar surface area (TPSA) is 40.1 Å². The Morgan fingerprint density at radius 2 is 1.96 bits per heavy atom. The van der Waals surface area contributed by atoms with Crippen LogP contribution >= 0.6 is 0 Å². The molecule has 1 N–H and O–H groups in total. The standard InChI is InChI=1S/C17H25F3N4O/c1-21-16(22-7-4-12-25-2)24-10-8-23(9-11-24)15-6-3-5-14(13-15)17(18,19)20/h3,5-6,13H,4,7-12H2,1-2H3,(H,21,22). The minimum absolute atomic E-state index is 0.608. The van der Waals surface area contributed by atoms with Crippen LogP contribution < -0.4 is 10.2 Å². The van der Waals surface area contributed by atoms with Crippen molar-refractivity contribution < 1.29 is 17.9 Å². The van der Waals surface area contributed by atoms with Gasteiger partial charge in [0.1, 0.15) is 0 Å². The molecular formula is C17H25F3N4O. The van der Waals surface area contributed by atoms with Crippen molar-refractivity contribution in [2.45, 2.75) is 12.6 Å². The van der Waals surface area contributed by atoms with Gasteiger partial charge in [0.15, 0.2) is 5.96 Å². The SMILES string of the molecule is CN=C(NCCCOC)N1CCN(c2cccc(C(F)(F)F)c2)CC1. The zero-order valence-corrected chi connectivity index (χ0v) is 14.6. The lowest BCUT2D eigenvalue weighted by molar-refractivity contribution is -0.137. The predicted molar refractivity (Wildman–Crippen MR) is 93.1 cm³/mol. The third-order valence-electron chi connectivity index (χ3n) is 4.14. The van der Waals surface area contributed by atoms with Crippen molar-refractivity contribution >= 4 is 11.6 Å². The normalized spacial score (nSPS) is 16.3. The van der Waals surface area contributed by atoms with Crippen molar-refractivity contribution in [3.8, 4) is 0 Å². The maximum Gasteiger partial charge on any atom is 0.416 e. The summed E-state index contributed by atoms with van der Waals surface area (Å²) in [5.74, 6) is 0.819. The van der Waals surface area contributed by atoms with E-state index in [0.717, 1.165) is 25.0 Å². The molecule has 0 saturated carbocycles. The molecule has 1 aliphatic rings. The van der Waals surface area contributed by atoms with Gasteiger partial charge < -0.3 is 19.9 Å². The fourth-order valence-corrected chi connectivity index (χ4v) is 2.80. The first-order chi connectivity index (χ1) is 12.0. The van der Waals surface area contributed by atoms with Crippen molar-refractivity contribution in [2.24, 2.45) is 4.99 Å². The van der Waals surface area contributed by atoms with Crippen LogP contribution in [-0.4, -0.2) is 64.3 Å². The summed E-state index contributed by atoms with van der Waals surface area (Å²) in [5.41, 5.74) is 0.000523. The van der Waals surface area contributed by atoms with E-state index in [2.05, 4.69) is 15.2 Å². The van der Waals surface area contributed by atoms with Crippen LogP contribution in [0.1, 0.15) is 12.0 Å². The Morgan fingerprint density at radius 1 is 1.24 bits per heavy atom. The molecule has 1 heterocycles. The Balaban J connectivity index is 1.90. The molecule has 2 rings (SSSR count). The number of anilines is 1. The minimum Gasteiger partial charge on any atom is -0.385 e. The third-order valence-corrected chi connectivity index (χ3v) is 4.14. The summed E-state index contributed by atoms with van der Waals surface area (Å²) in [6.07, 6.45) is -3.42. The van der Waals surface area contributed by atoms with Gasteiger partial charge in [-0.15, -0.1) is 0 Å². The van der Waals surface area contributed by atoms with E-state index >= 15 is 0 Å². The molecule has 5 nitrogen and oxygen atoms in total. The number of aliphatic imine (C=N–C) groups is 1. The molecule has 1 fully saturated rings. The minimum atomic E-state index is -4.31. The van der Waals surface area contributed by atoms with Gasteiger partial charge >= 0.3 is 6.18 Å². The fraction of sp³-hybridized carbons (Fsp3) is 0.588. The zero-order valence-electron chi connectivity index (χ0n) is 14.6. The smallest absolute Gasteiger partial charge is 0.385 e. The van der Waals surface area contributed by atoms with Crippen LogP contribution in [0.2, 0.25) is 0 Å². The van der Waals surface area contributed by atoms with Crippen molar-refractivity contribution in [1.82, 2.24) is 10.2 Å². The van der Waals surface area contributed by atoms with Crippen molar-refractivity contribution in [2.75, 3.05) is 58.4 Å². The van der Waals surface area contributed by atoms with Gasteiger partial charge in [0.2, 0.25) is 0 Å². The quantitative estimate of drug-likeness (QED) is 0.499. The second-order valence-corrected chi connectivity index (χ2v) is 5.84. The number of nitrogens with one attached hydrogen (secondary N) is 1. The van der Waals surface area contributed by atoms with Crippen LogP contribution in [0.15, 0.2) is 29.3 Å². The highest BCUT2D eigenvalue weighted by Gasteiger charge is 2.31. The van der Waals surface area contributed by atoms with E-state index in [9.17, 15) is 13.2 Å². The van der Waals surface area contributed by atoms with E-state index in [-0.39, 0.29) is 0 Å². The van der Waals surface area contributed by atoms with Gasteiger partial charge in [-0.2, -0.15) is 13.2 Å². The Hall–Kier alpha value is -1.96. The van der Waals surface area contributed by atoms with Crippen LogP contribution in [-0.2, 0) is 10.9 Å². The van der Waals surface area contributed by atoms with Gasteiger partial charge in [-0.05, 0) is 24.6 Å². The fourth-order valence-electron chi connectivity index (χ4n) is 2.80. The molecule has 0 unspecified atom stereocenters. The predicted octanol–water partition coefficient (Wildman–Crippen LogP) is 2.44. The van der Waals surface area contributed by atoms with Crippen molar-refractivity contribution in [3.05, 3.63) is 29.8 Å². The zero-order chi connectivity index (χ0) is 18.3. The summed E-state index contributed by atoms with van der Waals surface area (Å²) in [6, 6.07) is 5.50. The number of piperazine rings is 1. The molecular weight excluding hydrogens is 333 g/mol. The molecule has 0 radical (unpaired) electrons. The maximum atomic E-state index is 12.9. The van der Waals surface area contributed by atoms with Crippen LogP contribution in [0.5, 0.6) is 0 Å². The molecule has 25 heavy (non-hydrogen) atoms. The molecule has 0 spiro atoms. The van der Waals surface area contributed by atoms with Crippen LogP contribution in [0.25, 0.3) is 0 Å². The van der Waals surface area contributed by atoms with Gasteiger partial charge in [0.05, 0.1) is 5.56 Å². The highest BCUT2D eigenvalue weighted by Crippen LogP contribution is 2.31. The second kappa shape index (κ2) is 8.94. The summed E-state index contributed by atoms with van der Waals surface area (Å²) < 4.78 is 43.6. The number of benzene rings is 1. The van der Waals surface area contributed by atoms with E-state index < -0.39 is 11.7 Å². The van der Waals surface area contributed by atoms with Crippen molar-refractivity contribution in [3.63, 3.8) is 0 Å². The Morgan fingerprint density at radius 3 is 2.56 bits per heavy atom. The lowest BCUT2D eigenvalue weighted by atomic mass is 10.1. The number of ether oxygens (including phenoxy) is 1. The number of hydrogen-bond donors (Lipinski definition) is 1. The number of hydrogen-bond acceptors (Lipinski definition) is 3. The first kappa shape index (κ1) is 19.4. The molecule has 0 aromatic heterocycles. The summed E-state index contributed by atoms with van der Waals surface area (Å²) >= 11 is 0. The second-order valence-electron chi connectivity index (χ2n) is 5.84. The Bertz CT molecular complexity index is 569. The number of alkyl halides is 3. The number of methoxy groups -OCH3 is 1. The average Bonchev–Trinajstić information content (AvgIpc) is 2.61. The number of nitrogens with zero attached hydrogens (tertiary/aromatic N) is 3. The highest BCUT2D eigenvalue weighted by atomic mass is 19.4. The van der Waals surface area contributed by atoms with Crippen molar-refractivity contribution in [1.29, 1.82) is 0 Å². The number of halogens is 3. The average molecular weight is 358 g/mol. The molecule has 0 aliphatic carbocycles. The Labute approximate surface area is 146 Å². The lowest BCUT2D eigenvalue weighted by Gasteiger charge is -2.37. The molecule has 8 heteroatoms. The number of guanidine groups is 1. The molecule has 0 bridgehead atoms. The molecule has 1 aromatic carbocycles. The van der Waals surface area contributed by atoms with E-state index in [1.807, 2.05) is 4.90 Å². The lowest BCUT2D eigenvalue weighted by Crippen LogP contribution is -2.52. The maximum absolute atomic E-state index is 12.9. The van der Waals surface area contributed by atoms with Gasteiger partial charge in [-0.1, -0.05) is 6.07 Å². The van der Waals surface area contributed by atoms with Gasteiger partial charge in [0, 0.05) is 59.2 Å². The summed E-state index contributed by atoms with van der Waals surface area (Å²) in [4.78, 5) is 8.37. The first-order valence-electron chi connectivity index (χ1n) is 8.32. The van der Waals surface area contributed by atoms with Gasteiger partial charge in [-0.3, -0.25) is 4.99 Å². The summed E-state index contributed by atoms with van der Waals surface area (Å²) in [6.45, 7) is 4.18. The highest BCUT2D eigenvalue weighted by molar-refractivity contribution is 5.80. The van der Waals surface area contributed by atoms with E-state index in [1.54, 1.807) is 20.2 Å². The molecule has 140 valence electrons. The summed E-state index contributed by atoms with van der Waals surface area (Å²) in [7, 11) is 3.40. The Kier molecular flexibility index (Phi) is 6.92.